The Kier molecular flexibility index (Phi) is 4.44. The lowest BCUT2D eigenvalue weighted by molar-refractivity contribution is 0.0697. The number of halogens is 1. The lowest BCUT2D eigenvalue weighted by atomic mass is 10.1. The third-order valence-corrected chi connectivity index (χ3v) is 3.62. The Labute approximate surface area is 143 Å². The number of aromatic nitrogens is 2. The standard InChI is InChI=1S/C18H13ClN2O3/c1-11-3-2-4-14(9-11)16-20-21-17(24-16)15(19)10-12-5-7-13(8-6-12)18(22)23/h2-10H,1H3,(H,22,23)/b15-10-. The summed E-state index contributed by atoms with van der Waals surface area (Å²) < 4.78 is 5.60. The molecule has 3 aromatic rings. The summed E-state index contributed by atoms with van der Waals surface area (Å²) in [4.78, 5) is 10.8. The fraction of sp³-hybridized carbons (Fsp3) is 0.0556. The van der Waals surface area contributed by atoms with Gasteiger partial charge in [-0.3, -0.25) is 0 Å². The Balaban J connectivity index is 1.85. The highest BCUT2D eigenvalue weighted by Gasteiger charge is 2.11. The van der Waals surface area contributed by atoms with E-state index in [1.165, 1.54) is 12.1 Å². The summed E-state index contributed by atoms with van der Waals surface area (Å²) in [6.45, 7) is 1.98. The van der Waals surface area contributed by atoms with E-state index in [0.717, 1.165) is 16.7 Å². The van der Waals surface area contributed by atoms with Gasteiger partial charge in [0.05, 0.1) is 5.56 Å². The molecule has 1 heterocycles. The topological polar surface area (TPSA) is 76.2 Å². The lowest BCUT2D eigenvalue weighted by Crippen LogP contribution is -1.94. The smallest absolute Gasteiger partial charge is 0.335 e. The zero-order chi connectivity index (χ0) is 17.1. The quantitative estimate of drug-likeness (QED) is 0.757. The van der Waals surface area contributed by atoms with E-state index in [-0.39, 0.29) is 16.5 Å². The van der Waals surface area contributed by atoms with E-state index in [1.807, 2.05) is 31.2 Å². The zero-order valence-corrected chi connectivity index (χ0v) is 13.5. The highest BCUT2D eigenvalue weighted by Crippen LogP contribution is 2.25. The molecule has 0 aliphatic heterocycles. The second-order valence-corrected chi connectivity index (χ2v) is 5.61. The van der Waals surface area contributed by atoms with Crippen LogP contribution < -0.4 is 0 Å². The molecular weight excluding hydrogens is 328 g/mol. The molecular formula is C18H13ClN2O3. The number of carbonyl (C=O) groups is 1. The van der Waals surface area contributed by atoms with Crippen LogP contribution in [-0.2, 0) is 0 Å². The maximum Gasteiger partial charge on any atom is 0.335 e. The summed E-state index contributed by atoms with van der Waals surface area (Å²) in [5.41, 5.74) is 2.86. The summed E-state index contributed by atoms with van der Waals surface area (Å²) in [6.07, 6.45) is 1.64. The fourth-order valence-electron chi connectivity index (χ4n) is 2.14. The molecule has 0 fully saturated rings. The van der Waals surface area contributed by atoms with Gasteiger partial charge in [0, 0.05) is 5.56 Å². The first kappa shape index (κ1) is 16.0. The molecule has 2 aromatic carbocycles. The van der Waals surface area contributed by atoms with E-state index in [2.05, 4.69) is 10.2 Å². The van der Waals surface area contributed by atoms with Gasteiger partial charge in [-0.05, 0) is 42.8 Å². The molecule has 1 aromatic heterocycles. The summed E-state index contributed by atoms with van der Waals surface area (Å²) >= 11 is 6.22. The average Bonchev–Trinajstić information content (AvgIpc) is 3.05. The molecule has 0 unspecified atom stereocenters. The minimum absolute atomic E-state index is 0.204. The minimum Gasteiger partial charge on any atom is -0.478 e. The zero-order valence-electron chi connectivity index (χ0n) is 12.7. The molecule has 0 bridgehead atoms. The van der Waals surface area contributed by atoms with Crippen LogP contribution in [0.2, 0.25) is 0 Å². The highest BCUT2D eigenvalue weighted by molar-refractivity contribution is 6.50. The SMILES string of the molecule is Cc1cccc(-c2nnc(/C(Cl)=C/c3ccc(C(=O)O)cc3)o2)c1. The van der Waals surface area contributed by atoms with E-state index >= 15 is 0 Å². The van der Waals surface area contributed by atoms with Crippen LogP contribution in [0.4, 0.5) is 0 Å². The van der Waals surface area contributed by atoms with Crippen molar-refractivity contribution < 1.29 is 14.3 Å². The van der Waals surface area contributed by atoms with E-state index in [0.29, 0.717) is 5.89 Å². The van der Waals surface area contributed by atoms with Crippen molar-refractivity contribution in [2.75, 3.05) is 0 Å². The van der Waals surface area contributed by atoms with Crippen LogP contribution in [0.3, 0.4) is 0 Å². The molecule has 0 radical (unpaired) electrons. The van der Waals surface area contributed by atoms with Crippen molar-refractivity contribution in [1.29, 1.82) is 0 Å². The Morgan fingerprint density at radius 2 is 1.92 bits per heavy atom. The molecule has 5 nitrogen and oxygen atoms in total. The summed E-state index contributed by atoms with van der Waals surface area (Å²) in [5, 5.41) is 17.1. The van der Waals surface area contributed by atoms with Gasteiger partial charge >= 0.3 is 5.97 Å². The first-order valence-corrected chi connectivity index (χ1v) is 7.52. The third-order valence-electron chi connectivity index (χ3n) is 3.35. The van der Waals surface area contributed by atoms with Gasteiger partial charge < -0.3 is 9.52 Å². The highest BCUT2D eigenvalue weighted by atomic mass is 35.5. The number of carboxylic acid groups (broad SMARTS) is 1. The predicted octanol–water partition coefficient (Wildman–Crippen LogP) is 4.48. The van der Waals surface area contributed by atoms with Crippen LogP contribution in [-0.4, -0.2) is 21.3 Å². The van der Waals surface area contributed by atoms with Crippen molar-refractivity contribution in [2.24, 2.45) is 0 Å². The normalized spacial score (nSPS) is 11.5. The van der Waals surface area contributed by atoms with Gasteiger partial charge in [0.1, 0.15) is 5.03 Å². The number of rotatable bonds is 4. The van der Waals surface area contributed by atoms with Crippen molar-refractivity contribution >= 4 is 28.7 Å². The molecule has 0 saturated carbocycles. The molecule has 0 amide bonds. The van der Waals surface area contributed by atoms with Crippen LogP contribution in [0, 0.1) is 6.92 Å². The van der Waals surface area contributed by atoms with Crippen LogP contribution in [0.1, 0.15) is 27.4 Å². The van der Waals surface area contributed by atoms with Crippen molar-refractivity contribution in [1.82, 2.24) is 10.2 Å². The number of nitrogens with zero attached hydrogens (tertiary/aromatic N) is 2. The molecule has 0 aliphatic carbocycles. The maximum atomic E-state index is 10.8. The summed E-state index contributed by atoms with van der Waals surface area (Å²) in [5.74, 6) is -0.381. The molecule has 3 rings (SSSR count). The number of aryl methyl sites for hydroxylation is 1. The van der Waals surface area contributed by atoms with Gasteiger partial charge in [-0.1, -0.05) is 41.4 Å². The Morgan fingerprint density at radius 1 is 1.17 bits per heavy atom. The van der Waals surface area contributed by atoms with Gasteiger partial charge in [0.25, 0.3) is 5.89 Å². The Hall–Kier alpha value is -2.92. The molecule has 0 atom stereocenters. The van der Waals surface area contributed by atoms with Crippen LogP contribution >= 0.6 is 11.6 Å². The van der Waals surface area contributed by atoms with Gasteiger partial charge in [-0.2, -0.15) is 0 Å². The number of benzene rings is 2. The van der Waals surface area contributed by atoms with Crippen LogP contribution in [0.25, 0.3) is 22.6 Å². The number of carboxylic acids is 1. The Bertz CT molecular complexity index is 914. The van der Waals surface area contributed by atoms with Crippen molar-refractivity contribution in [2.45, 2.75) is 6.92 Å². The monoisotopic (exact) mass is 340 g/mol. The minimum atomic E-state index is -0.976. The number of aromatic carboxylic acids is 1. The summed E-state index contributed by atoms with van der Waals surface area (Å²) in [7, 11) is 0. The van der Waals surface area contributed by atoms with Crippen molar-refractivity contribution in [3.05, 3.63) is 71.1 Å². The maximum absolute atomic E-state index is 10.8. The van der Waals surface area contributed by atoms with Crippen molar-refractivity contribution in [3.8, 4) is 11.5 Å². The van der Waals surface area contributed by atoms with Gasteiger partial charge in [0.15, 0.2) is 0 Å². The summed E-state index contributed by atoms with van der Waals surface area (Å²) in [6, 6.07) is 14.0. The van der Waals surface area contributed by atoms with Gasteiger partial charge in [0.2, 0.25) is 5.89 Å². The number of hydrogen-bond donors (Lipinski definition) is 1. The first-order chi connectivity index (χ1) is 11.5. The molecule has 6 heteroatoms. The van der Waals surface area contributed by atoms with Crippen molar-refractivity contribution in [3.63, 3.8) is 0 Å². The molecule has 0 spiro atoms. The molecule has 1 N–H and O–H groups in total. The second-order valence-electron chi connectivity index (χ2n) is 5.20. The van der Waals surface area contributed by atoms with E-state index in [4.69, 9.17) is 21.1 Å². The molecule has 0 aliphatic rings. The second kappa shape index (κ2) is 6.68. The molecule has 120 valence electrons. The molecule has 24 heavy (non-hydrogen) atoms. The van der Waals surface area contributed by atoms with E-state index in [1.54, 1.807) is 18.2 Å². The largest absolute Gasteiger partial charge is 0.478 e. The fourth-order valence-corrected chi connectivity index (χ4v) is 2.35. The third kappa shape index (κ3) is 3.52. The lowest BCUT2D eigenvalue weighted by Gasteiger charge is -1.97. The van der Waals surface area contributed by atoms with E-state index < -0.39 is 5.97 Å². The molecule has 0 saturated heterocycles. The number of hydrogen-bond acceptors (Lipinski definition) is 4. The van der Waals surface area contributed by atoms with Gasteiger partial charge in [-0.15, -0.1) is 10.2 Å². The first-order valence-electron chi connectivity index (χ1n) is 7.14. The Morgan fingerprint density at radius 3 is 2.58 bits per heavy atom. The van der Waals surface area contributed by atoms with Gasteiger partial charge in [-0.25, -0.2) is 4.79 Å². The van der Waals surface area contributed by atoms with E-state index in [9.17, 15) is 4.79 Å². The predicted molar refractivity (Wildman–Crippen MR) is 91.6 cm³/mol. The van der Waals surface area contributed by atoms with Crippen LogP contribution in [0.5, 0.6) is 0 Å². The average molecular weight is 341 g/mol. The van der Waals surface area contributed by atoms with Crippen LogP contribution in [0.15, 0.2) is 52.9 Å².